The summed E-state index contributed by atoms with van der Waals surface area (Å²) in [6.45, 7) is 12.4. The number of hydrogen-bond donors (Lipinski definition) is 4. The van der Waals surface area contributed by atoms with Crippen molar-refractivity contribution < 1.29 is 4.79 Å². The highest BCUT2D eigenvalue weighted by Crippen LogP contribution is 2.30. The third-order valence-electron chi connectivity index (χ3n) is 5.01. The lowest BCUT2D eigenvalue weighted by molar-refractivity contribution is 0.164. The molecule has 9 heteroatoms. The van der Waals surface area contributed by atoms with Gasteiger partial charge >= 0.3 is 6.03 Å². The normalized spacial score (nSPS) is 18.2. The molecule has 0 bridgehead atoms. The SMILES string of the molecule is Cc1cc(C)nc(NC(=NC2CC(C)(C)NC(C)(C)C2)NC(=O)Nc2cccc(Cl)c2)n1. The van der Waals surface area contributed by atoms with Gasteiger partial charge in [-0.15, -0.1) is 0 Å². The van der Waals surface area contributed by atoms with Crippen molar-refractivity contribution in [3.63, 3.8) is 0 Å². The van der Waals surface area contributed by atoms with E-state index in [0.717, 1.165) is 24.2 Å². The number of hydrogen-bond acceptors (Lipinski definition) is 5. The Balaban J connectivity index is 1.84. The Morgan fingerprint density at radius 3 is 2.28 bits per heavy atom. The number of carbonyl (C=O) groups is 1. The number of urea groups is 1. The van der Waals surface area contributed by atoms with Gasteiger partial charge in [0.05, 0.1) is 6.04 Å². The van der Waals surface area contributed by atoms with E-state index in [9.17, 15) is 4.79 Å². The number of benzene rings is 1. The summed E-state index contributed by atoms with van der Waals surface area (Å²) in [5.41, 5.74) is 2.07. The lowest BCUT2D eigenvalue weighted by Crippen LogP contribution is -2.59. The Bertz CT molecular complexity index is 983. The van der Waals surface area contributed by atoms with Crippen LogP contribution in [0.25, 0.3) is 0 Å². The molecule has 0 spiro atoms. The molecule has 3 rings (SSSR count). The first-order valence-electron chi connectivity index (χ1n) is 10.7. The van der Waals surface area contributed by atoms with Crippen LogP contribution in [-0.2, 0) is 0 Å². The van der Waals surface area contributed by atoms with E-state index in [2.05, 4.69) is 58.9 Å². The average Bonchev–Trinajstić information content (AvgIpc) is 2.57. The Hall–Kier alpha value is -2.71. The van der Waals surface area contributed by atoms with Gasteiger partial charge in [0, 0.05) is 33.2 Å². The Morgan fingerprint density at radius 1 is 1.06 bits per heavy atom. The number of amides is 2. The molecule has 0 unspecified atom stereocenters. The van der Waals surface area contributed by atoms with Crippen molar-refractivity contribution in [2.24, 2.45) is 4.99 Å². The monoisotopic (exact) mass is 457 g/mol. The smallest absolute Gasteiger partial charge is 0.308 e. The van der Waals surface area contributed by atoms with Crippen LogP contribution in [0, 0.1) is 13.8 Å². The zero-order valence-electron chi connectivity index (χ0n) is 19.5. The number of rotatable bonds is 3. The minimum absolute atomic E-state index is 0.00104. The highest BCUT2D eigenvalue weighted by molar-refractivity contribution is 6.30. The van der Waals surface area contributed by atoms with Crippen LogP contribution in [0.4, 0.5) is 16.4 Å². The molecule has 2 aromatic rings. The second-order valence-corrected chi connectivity index (χ2v) is 10.1. The van der Waals surface area contributed by atoms with Gasteiger partial charge < -0.3 is 10.6 Å². The topological polar surface area (TPSA) is 103 Å². The molecule has 2 amide bonds. The van der Waals surface area contributed by atoms with Gasteiger partial charge in [-0.2, -0.15) is 0 Å². The molecule has 1 aromatic heterocycles. The fourth-order valence-electron chi connectivity index (χ4n) is 4.36. The second kappa shape index (κ2) is 9.42. The molecule has 4 N–H and O–H groups in total. The predicted octanol–water partition coefficient (Wildman–Crippen LogP) is 4.65. The number of anilines is 2. The number of nitrogens with zero attached hydrogens (tertiary/aromatic N) is 3. The molecule has 1 aliphatic heterocycles. The number of piperidine rings is 1. The first-order valence-corrected chi connectivity index (χ1v) is 11.1. The van der Waals surface area contributed by atoms with Gasteiger partial charge in [0.15, 0.2) is 0 Å². The van der Waals surface area contributed by atoms with Crippen molar-refractivity contribution in [2.75, 3.05) is 10.6 Å². The van der Waals surface area contributed by atoms with Crippen molar-refractivity contribution in [1.82, 2.24) is 20.6 Å². The molecular weight excluding hydrogens is 426 g/mol. The van der Waals surface area contributed by atoms with Crippen molar-refractivity contribution in [2.45, 2.75) is 71.5 Å². The fourth-order valence-corrected chi connectivity index (χ4v) is 4.55. The molecule has 0 atom stereocenters. The third-order valence-corrected chi connectivity index (χ3v) is 5.24. The molecule has 172 valence electrons. The molecule has 0 aliphatic carbocycles. The van der Waals surface area contributed by atoms with E-state index in [-0.39, 0.29) is 17.1 Å². The van der Waals surface area contributed by atoms with E-state index in [0.29, 0.717) is 22.6 Å². The summed E-state index contributed by atoms with van der Waals surface area (Å²) in [7, 11) is 0. The maximum Gasteiger partial charge on any atom is 0.326 e. The summed E-state index contributed by atoms with van der Waals surface area (Å²) in [6, 6.07) is 8.41. The van der Waals surface area contributed by atoms with Crippen LogP contribution in [0.2, 0.25) is 5.02 Å². The predicted molar refractivity (Wildman–Crippen MR) is 130 cm³/mol. The van der Waals surface area contributed by atoms with Crippen LogP contribution in [-0.4, -0.2) is 39.1 Å². The first-order chi connectivity index (χ1) is 14.9. The summed E-state index contributed by atoms with van der Waals surface area (Å²) in [5, 5.41) is 12.9. The first kappa shape index (κ1) is 23.9. The third kappa shape index (κ3) is 7.17. The van der Waals surface area contributed by atoms with Gasteiger partial charge in [-0.3, -0.25) is 10.6 Å². The molecule has 0 saturated carbocycles. The van der Waals surface area contributed by atoms with Crippen LogP contribution in [0.15, 0.2) is 35.3 Å². The zero-order chi connectivity index (χ0) is 23.5. The van der Waals surface area contributed by atoms with Gasteiger partial charge in [0.25, 0.3) is 0 Å². The largest absolute Gasteiger partial charge is 0.326 e. The quantitative estimate of drug-likeness (QED) is 0.397. The number of aryl methyl sites for hydroxylation is 2. The Morgan fingerprint density at radius 2 is 1.69 bits per heavy atom. The van der Waals surface area contributed by atoms with E-state index in [1.165, 1.54) is 0 Å². The van der Waals surface area contributed by atoms with E-state index in [1.54, 1.807) is 24.3 Å². The van der Waals surface area contributed by atoms with Crippen molar-refractivity contribution in [3.05, 3.63) is 46.7 Å². The van der Waals surface area contributed by atoms with Crippen LogP contribution >= 0.6 is 11.6 Å². The lowest BCUT2D eigenvalue weighted by Gasteiger charge is -2.45. The van der Waals surface area contributed by atoms with Crippen molar-refractivity contribution >= 4 is 35.2 Å². The number of guanidine groups is 1. The molecule has 1 aromatic carbocycles. The van der Waals surface area contributed by atoms with Crippen LogP contribution in [0.1, 0.15) is 51.9 Å². The average molecular weight is 458 g/mol. The molecule has 1 aliphatic rings. The van der Waals surface area contributed by atoms with Gasteiger partial charge in [0.2, 0.25) is 11.9 Å². The maximum atomic E-state index is 12.7. The van der Waals surface area contributed by atoms with Gasteiger partial charge in [-0.1, -0.05) is 17.7 Å². The maximum absolute atomic E-state index is 12.7. The molecule has 0 radical (unpaired) electrons. The van der Waals surface area contributed by atoms with Crippen LogP contribution < -0.4 is 21.3 Å². The summed E-state index contributed by atoms with van der Waals surface area (Å²) >= 11 is 6.02. The number of carbonyl (C=O) groups excluding carboxylic acids is 1. The molecule has 1 fully saturated rings. The molecular formula is C23H32ClN7O. The van der Waals surface area contributed by atoms with E-state index in [4.69, 9.17) is 16.6 Å². The van der Waals surface area contributed by atoms with E-state index in [1.807, 2.05) is 19.9 Å². The molecule has 2 heterocycles. The van der Waals surface area contributed by atoms with Crippen LogP contribution in [0.5, 0.6) is 0 Å². The minimum atomic E-state index is -0.435. The number of halogens is 1. The standard InChI is InChI=1S/C23H32ClN7O/c1-14-10-15(2)26-19(25-14)29-20(27-18-12-22(3,4)31-23(5,6)13-18)30-21(32)28-17-9-7-8-16(24)11-17/h7-11,18,31H,12-13H2,1-6H3,(H3,25,26,27,28,29,30,32). The highest BCUT2D eigenvalue weighted by atomic mass is 35.5. The van der Waals surface area contributed by atoms with Gasteiger partial charge in [-0.05, 0) is 78.6 Å². The molecule has 32 heavy (non-hydrogen) atoms. The van der Waals surface area contributed by atoms with Crippen molar-refractivity contribution in [3.8, 4) is 0 Å². The number of aliphatic imine (C=N–C) groups is 1. The lowest BCUT2D eigenvalue weighted by atomic mass is 9.80. The summed E-state index contributed by atoms with van der Waals surface area (Å²) in [4.78, 5) is 26.4. The summed E-state index contributed by atoms with van der Waals surface area (Å²) in [5.74, 6) is 0.685. The number of aromatic nitrogens is 2. The number of nitrogens with one attached hydrogen (secondary N) is 4. The van der Waals surface area contributed by atoms with E-state index < -0.39 is 6.03 Å². The highest BCUT2D eigenvalue weighted by Gasteiger charge is 2.37. The van der Waals surface area contributed by atoms with Gasteiger partial charge in [0.1, 0.15) is 0 Å². The second-order valence-electron chi connectivity index (χ2n) is 9.62. The fraction of sp³-hybridized carbons (Fsp3) is 0.478. The Labute approximate surface area is 194 Å². The molecule has 1 saturated heterocycles. The van der Waals surface area contributed by atoms with Crippen molar-refractivity contribution in [1.29, 1.82) is 0 Å². The van der Waals surface area contributed by atoms with Gasteiger partial charge in [-0.25, -0.2) is 19.8 Å². The van der Waals surface area contributed by atoms with E-state index >= 15 is 0 Å². The Kier molecular flexibility index (Phi) is 7.05. The minimum Gasteiger partial charge on any atom is -0.308 e. The summed E-state index contributed by atoms with van der Waals surface area (Å²) in [6.07, 6.45) is 1.65. The summed E-state index contributed by atoms with van der Waals surface area (Å²) < 4.78 is 0. The van der Waals surface area contributed by atoms with Crippen LogP contribution in [0.3, 0.4) is 0 Å². The zero-order valence-corrected chi connectivity index (χ0v) is 20.3. The molecule has 8 nitrogen and oxygen atoms in total.